The lowest BCUT2D eigenvalue weighted by molar-refractivity contribution is -0.177. The topological polar surface area (TPSA) is 49.9 Å². The predicted molar refractivity (Wildman–Crippen MR) is 156 cm³/mol. The highest BCUT2D eigenvalue weighted by Crippen LogP contribution is 2.50. The van der Waals surface area contributed by atoms with Crippen molar-refractivity contribution in [2.24, 2.45) is 5.92 Å². The van der Waals surface area contributed by atoms with Crippen LogP contribution in [0.2, 0.25) is 39.3 Å². The van der Waals surface area contributed by atoms with Gasteiger partial charge in [0.2, 0.25) is 0 Å². The van der Waals surface area contributed by atoms with Gasteiger partial charge in [0.05, 0.1) is 28.2 Å². The van der Waals surface area contributed by atoms with Crippen molar-refractivity contribution in [3.05, 3.63) is 71.8 Å². The van der Waals surface area contributed by atoms with Crippen molar-refractivity contribution in [2.75, 3.05) is 6.61 Å². The number of cyclic esters (lactones) is 1. The molecule has 0 aromatic heterocycles. The van der Waals surface area contributed by atoms with Crippen molar-refractivity contribution in [1.29, 1.82) is 0 Å². The maximum Gasteiger partial charge on any atom is 0.411 e. The monoisotopic (exact) mass is 536 g/mol. The Balaban J connectivity index is 1.90. The number of likely N-dealkylation sites (tertiary alicyclic amines) is 1. The molecule has 200 valence electrons. The van der Waals surface area contributed by atoms with Gasteiger partial charge in [-0.2, -0.15) is 0 Å². The average Bonchev–Trinajstić information content (AvgIpc) is 3.20. The molecule has 2 aliphatic rings. The van der Waals surface area contributed by atoms with Gasteiger partial charge in [0.25, 0.3) is 5.91 Å². The van der Waals surface area contributed by atoms with E-state index in [-0.39, 0.29) is 36.0 Å². The number of β-lactam (4-membered cyclic amide) rings is 1. The molecule has 2 saturated heterocycles. The molecule has 3 atom stereocenters. The summed E-state index contributed by atoms with van der Waals surface area (Å²) in [4.78, 5) is 32.5. The Morgan fingerprint density at radius 3 is 1.95 bits per heavy atom. The lowest BCUT2D eigenvalue weighted by Gasteiger charge is -2.65. The predicted octanol–water partition coefficient (Wildman–Crippen LogP) is 6.54. The smallest absolute Gasteiger partial charge is 0.411 e. The molecule has 2 fully saturated rings. The fourth-order valence-electron chi connectivity index (χ4n) is 7.09. The molecule has 0 unspecified atom stereocenters. The van der Waals surface area contributed by atoms with E-state index < -0.39 is 21.7 Å². The summed E-state index contributed by atoms with van der Waals surface area (Å²) in [5.74, 6) is 0.491. The molecule has 0 spiro atoms. The maximum absolute atomic E-state index is 14.8. The molecule has 0 aliphatic carbocycles. The first-order chi connectivity index (χ1) is 17.3. The van der Waals surface area contributed by atoms with Crippen molar-refractivity contribution in [1.82, 2.24) is 9.80 Å². The van der Waals surface area contributed by atoms with Crippen molar-refractivity contribution in [2.45, 2.75) is 88.9 Å². The van der Waals surface area contributed by atoms with E-state index in [0.717, 1.165) is 17.5 Å². The third kappa shape index (κ3) is 5.04. The van der Waals surface area contributed by atoms with Crippen molar-refractivity contribution < 1.29 is 14.3 Å². The molecule has 2 amide bonds. The second kappa shape index (κ2) is 10.1. The molecule has 0 saturated carbocycles. The van der Waals surface area contributed by atoms with E-state index in [1.807, 2.05) is 53.4 Å². The van der Waals surface area contributed by atoms with Crippen LogP contribution in [-0.2, 0) is 16.0 Å². The highest BCUT2D eigenvalue weighted by atomic mass is 28.4. The zero-order chi connectivity index (χ0) is 27.2. The van der Waals surface area contributed by atoms with Gasteiger partial charge < -0.3 is 9.64 Å². The van der Waals surface area contributed by atoms with E-state index in [1.54, 1.807) is 0 Å². The van der Waals surface area contributed by atoms with Crippen LogP contribution in [0.5, 0.6) is 0 Å². The molecular weight excluding hydrogens is 493 g/mol. The van der Waals surface area contributed by atoms with Crippen LogP contribution < -0.4 is 0 Å². The fraction of sp³-hybridized carbons (Fsp3) is 0.533. The Kier molecular flexibility index (Phi) is 7.52. The van der Waals surface area contributed by atoms with Crippen LogP contribution in [0.25, 0.3) is 0 Å². The van der Waals surface area contributed by atoms with Gasteiger partial charge in [0.15, 0.2) is 0 Å². The molecule has 0 N–H and O–H groups in total. The molecular formula is C30H44N2O3Si2. The molecule has 2 aromatic carbocycles. The van der Waals surface area contributed by atoms with Gasteiger partial charge in [-0.1, -0.05) is 114 Å². The summed E-state index contributed by atoms with van der Waals surface area (Å²) in [5.41, 5.74) is 1.13. The van der Waals surface area contributed by atoms with Crippen LogP contribution in [0.1, 0.15) is 37.4 Å². The van der Waals surface area contributed by atoms with Crippen molar-refractivity contribution in [3.8, 4) is 0 Å². The molecule has 0 bridgehead atoms. The SMILES string of the molecule is CC(C)C[C@H]1N(C([Si](C)(C)C)[Si](C)(C)C)C(=O)[C@]1(Cc1ccccc1)N1C(=O)OC[C@@H]1c1ccccc1. The first-order valence-electron chi connectivity index (χ1n) is 13.7. The van der Waals surface area contributed by atoms with Gasteiger partial charge in [-0.3, -0.25) is 9.69 Å². The number of hydrogen-bond donors (Lipinski definition) is 0. The highest BCUT2D eigenvalue weighted by Gasteiger charge is 2.70. The number of amides is 2. The number of benzene rings is 2. The maximum atomic E-state index is 14.8. The standard InChI is InChI=1S/C30H44N2O3Si2/c1-22(2)19-26-30(20-23-15-11-9-12-16-23,27(33)31(26)29(36(3,4)5)37(6,7)8)32-25(21-35-28(32)34)24-17-13-10-14-18-24/h9-18,22,25-26,29H,19-21H2,1-8H3/t25-,26-,30-/m1/s1. The Labute approximate surface area is 225 Å². The first kappa shape index (κ1) is 27.6. The minimum absolute atomic E-state index is 0.0551. The number of carbonyl (C=O) groups is 2. The molecule has 0 radical (unpaired) electrons. The van der Waals surface area contributed by atoms with Gasteiger partial charge in [-0.05, 0) is 23.5 Å². The summed E-state index contributed by atoms with van der Waals surface area (Å²) in [7, 11) is -3.50. The second-order valence-electron chi connectivity index (χ2n) is 13.5. The number of rotatable bonds is 9. The third-order valence-corrected chi connectivity index (χ3v) is 16.9. The second-order valence-corrected chi connectivity index (χ2v) is 24.6. The summed E-state index contributed by atoms with van der Waals surface area (Å²) in [6, 6.07) is 19.9. The fourth-order valence-corrected chi connectivity index (χ4v) is 19.7. The van der Waals surface area contributed by atoms with Crippen molar-refractivity contribution >= 4 is 28.1 Å². The van der Waals surface area contributed by atoms with E-state index in [0.29, 0.717) is 12.3 Å². The molecule has 5 nitrogen and oxygen atoms in total. The van der Waals surface area contributed by atoms with Gasteiger partial charge in [-0.15, -0.1) is 0 Å². The number of ether oxygens (including phenoxy) is 1. The van der Waals surface area contributed by atoms with Crippen LogP contribution in [0, 0.1) is 5.92 Å². The van der Waals surface area contributed by atoms with E-state index >= 15 is 0 Å². The van der Waals surface area contributed by atoms with Crippen LogP contribution in [0.3, 0.4) is 0 Å². The summed E-state index contributed by atoms with van der Waals surface area (Å²) in [6.45, 7) is 19.1. The van der Waals surface area contributed by atoms with Crippen LogP contribution in [0.15, 0.2) is 60.7 Å². The Bertz CT molecular complexity index is 1100. The van der Waals surface area contributed by atoms with Gasteiger partial charge in [0, 0.05) is 11.7 Å². The minimum Gasteiger partial charge on any atom is -0.447 e. The summed E-state index contributed by atoms with van der Waals surface area (Å²) < 4.78 is 5.72. The van der Waals surface area contributed by atoms with Gasteiger partial charge in [-0.25, -0.2) is 4.79 Å². The normalized spacial score (nSPS) is 24.6. The van der Waals surface area contributed by atoms with Crippen molar-refractivity contribution in [3.63, 3.8) is 0 Å². The van der Waals surface area contributed by atoms with E-state index in [4.69, 9.17) is 4.74 Å². The lowest BCUT2D eigenvalue weighted by Crippen LogP contribution is -2.86. The summed E-state index contributed by atoms with van der Waals surface area (Å²) in [5, 5.41) is 0.286. The average molecular weight is 537 g/mol. The number of hydrogen-bond acceptors (Lipinski definition) is 3. The largest absolute Gasteiger partial charge is 0.447 e. The van der Waals surface area contributed by atoms with Crippen LogP contribution in [0.4, 0.5) is 4.79 Å². The highest BCUT2D eigenvalue weighted by molar-refractivity contribution is 6.96. The first-order valence-corrected chi connectivity index (χ1v) is 20.8. The number of carbonyl (C=O) groups excluding carboxylic acids is 2. The van der Waals surface area contributed by atoms with Crippen LogP contribution in [-0.4, -0.2) is 61.4 Å². The molecule has 7 heteroatoms. The van der Waals surface area contributed by atoms with E-state index in [2.05, 4.69) is 70.2 Å². The molecule has 4 rings (SSSR count). The summed E-state index contributed by atoms with van der Waals surface area (Å²) >= 11 is 0. The Hall–Kier alpha value is -2.39. The van der Waals surface area contributed by atoms with Gasteiger partial charge in [0.1, 0.15) is 12.1 Å². The Morgan fingerprint density at radius 1 is 0.892 bits per heavy atom. The summed E-state index contributed by atoms with van der Waals surface area (Å²) in [6.07, 6.45) is 0.988. The Morgan fingerprint density at radius 2 is 1.43 bits per heavy atom. The molecule has 2 heterocycles. The van der Waals surface area contributed by atoms with E-state index in [9.17, 15) is 9.59 Å². The number of nitrogens with zero attached hydrogens (tertiary/aromatic N) is 2. The molecule has 37 heavy (non-hydrogen) atoms. The lowest BCUT2D eigenvalue weighted by atomic mass is 9.69. The molecule has 2 aliphatic heterocycles. The van der Waals surface area contributed by atoms with Gasteiger partial charge >= 0.3 is 6.09 Å². The quantitative estimate of drug-likeness (QED) is 0.270. The zero-order valence-electron chi connectivity index (χ0n) is 23.8. The minimum atomic E-state index is -1.75. The zero-order valence-corrected chi connectivity index (χ0v) is 25.8. The third-order valence-electron chi connectivity index (χ3n) is 7.91. The van der Waals surface area contributed by atoms with Crippen LogP contribution >= 0.6 is 0 Å². The van der Waals surface area contributed by atoms with E-state index in [1.165, 1.54) is 0 Å². The molecule has 2 aromatic rings.